The van der Waals surface area contributed by atoms with Crippen LogP contribution in [0.3, 0.4) is 0 Å². The molecule has 0 spiro atoms. The second-order valence-electron chi connectivity index (χ2n) is 4.66. The molecule has 1 aliphatic rings. The van der Waals surface area contributed by atoms with Crippen LogP contribution in [0, 0.1) is 17.0 Å². The number of hydrogen-bond donors (Lipinski definition) is 2. The van der Waals surface area contributed by atoms with E-state index in [1.165, 1.54) is 0 Å². The number of nitrogens with one attached hydrogen (secondary N) is 2. The van der Waals surface area contributed by atoms with Crippen molar-refractivity contribution in [2.24, 2.45) is 5.41 Å². The molecule has 16 heavy (non-hydrogen) atoms. The molecule has 1 atom stereocenters. The zero-order chi connectivity index (χ0) is 11.8. The van der Waals surface area contributed by atoms with E-state index in [1.54, 1.807) is 6.07 Å². The highest BCUT2D eigenvalue weighted by Crippen LogP contribution is 2.33. The molecule has 0 bridgehead atoms. The lowest BCUT2D eigenvalue weighted by Gasteiger charge is -2.26. The third-order valence-corrected chi connectivity index (χ3v) is 3.35. The van der Waals surface area contributed by atoms with Gasteiger partial charge in [0.05, 0.1) is 11.4 Å². The molecule has 1 heterocycles. The zero-order valence-corrected chi connectivity index (χ0v) is 9.53. The van der Waals surface area contributed by atoms with Crippen LogP contribution in [0.15, 0.2) is 12.1 Å². The van der Waals surface area contributed by atoms with Gasteiger partial charge in [0, 0.05) is 18.5 Å². The molecule has 0 aliphatic carbocycles. The van der Waals surface area contributed by atoms with Gasteiger partial charge in [-0.25, -0.2) is 8.78 Å². The third kappa shape index (κ3) is 1.84. The van der Waals surface area contributed by atoms with E-state index in [0.717, 1.165) is 19.0 Å². The summed E-state index contributed by atoms with van der Waals surface area (Å²) >= 11 is 0. The van der Waals surface area contributed by atoms with Gasteiger partial charge in [0.1, 0.15) is 0 Å². The maximum absolute atomic E-state index is 13.5. The van der Waals surface area contributed by atoms with Crippen LogP contribution in [0.25, 0.3) is 0 Å². The molecule has 4 heteroatoms. The van der Waals surface area contributed by atoms with Gasteiger partial charge in [-0.2, -0.15) is 0 Å². The highest BCUT2D eigenvalue weighted by Gasteiger charge is 2.27. The Morgan fingerprint density at radius 1 is 1.25 bits per heavy atom. The summed E-state index contributed by atoms with van der Waals surface area (Å²) in [5, 5.41) is 6.16. The van der Waals surface area contributed by atoms with Gasteiger partial charge in [0.15, 0.2) is 11.6 Å². The van der Waals surface area contributed by atoms with Crippen LogP contribution >= 0.6 is 0 Å². The van der Waals surface area contributed by atoms with Gasteiger partial charge in [-0.3, -0.25) is 0 Å². The maximum atomic E-state index is 13.5. The van der Waals surface area contributed by atoms with E-state index in [1.807, 2.05) is 0 Å². The zero-order valence-electron chi connectivity index (χ0n) is 9.53. The van der Waals surface area contributed by atoms with Crippen LogP contribution in [0.4, 0.5) is 20.2 Å². The summed E-state index contributed by atoms with van der Waals surface area (Å²) in [7, 11) is 0. The number of rotatable bonds is 1. The summed E-state index contributed by atoms with van der Waals surface area (Å²) in [4.78, 5) is 0. The summed E-state index contributed by atoms with van der Waals surface area (Å²) in [6.45, 7) is 5.61. The Hall–Kier alpha value is -1.32. The molecule has 0 saturated heterocycles. The van der Waals surface area contributed by atoms with Crippen molar-refractivity contribution in [3.8, 4) is 0 Å². The summed E-state index contributed by atoms with van der Waals surface area (Å²) < 4.78 is 26.6. The Morgan fingerprint density at radius 3 is 2.62 bits per heavy atom. The van der Waals surface area contributed by atoms with Crippen molar-refractivity contribution in [3.63, 3.8) is 0 Å². The lowest BCUT2D eigenvalue weighted by molar-refractivity contribution is 0.360. The molecule has 1 unspecified atom stereocenters. The van der Waals surface area contributed by atoms with Crippen molar-refractivity contribution in [2.75, 3.05) is 23.7 Å². The van der Waals surface area contributed by atoms with Crippen LogP contribution in [0.2, 0.25) is 0 Å². The SMILES string of the molecule is CCC1(C)CNc2ccc(F)c(F)c2NC1. The second-order valence-corrected chi connectivity index (χ2v) is 4.66. The first kappa shape index (κ1) is 11.2. The van der Waals surface area contributed by atoms with Crippen LogP contribution in [-0.2, 0) is 0 Å². The minimum absolute atomic E-state index is 0.0575. The van der Waals surface area contributed by atoms with Crippen LogP contribution in [-0.4, -0.2) is 13.1 Å². The fourth-order valence-electron chi connectivity index (χ4n) is 1.79. The Bertz CT molecular complexity index is 406. The van der Waals surface area contributed by atoms with Crippen molar-refractivity contribution in [1.82, 2.24) is 0 Å². The monoisotopic (exact) mass is 226 g/mol. The van der Waals surface area contributed by atoms with Crippen molar-refractivity contribution < 1.29 is 8.78 Å². The largest absolute Gasteiger partial charge is 0.383 e. The molecular formula is C12H16F2N2. The van der Waals surface area contributed by atoms with Crippen molar-refractivity contribution in [2.45, 2.75) is 20.3 Å². The first-order chi connectivity index (χ1) is 7.56. The second kappa shape index (κ2) is 3.92. The predicted octanol–water partition coefficient (Wildman–Crippen LogP) is 3.22. The average molecular weight is 226 g/mol. The van der Waals surface area contributed by atoms with E-state index >= 15 is 0 Å². The summed E-state index contributed by atoms with van der Waals surface area (Å²) in [6, 6.07) is 2.72. The maximum Gasteiger partial charge on any atom is 0.183 e. The number of hydrogen-bond acceptors (Lipinski definition) is 2. The first-order valence-corrected chi connectivity index (χ1v) is 5.51. The van der Waals surface area contributed by atoms with Gasteiger partial charge in [-0.15, -0.1) is 0 Å². The molecule has 1 aromatic rings. The molecule has 0 amide bonds. The molecule has 2 nitrogen and oxygen atoms in total. The average Bonchev–Trinajstić information content (AvgIpc) is 2.45. The highest BCUT2D eigenvalue weighted by atomic mass is 19.2. The molecule has 1 aliphatic heterocycles. The first-order valence-electron chi connectivity index (χ1n) is 5.51. The minimum Gasteiger partial charge on any atom is -0.383 e. The van der Waals surface area contributed by atoms with Gasteiger partial charge in [-0.05, 0) is 18.6 Å². The quantitative estimate of drug-likeness (QED) is 0.768. The molecule has 0 saturated carbocycles. The molecule has 0 radical (unpaired) electrons. The molecule has 2 rings (SSSR count). The lowest BCUT2D eigenvalue weighted by Crippen LogP contribution is -2.30. The van der Waals surface area contributed by atoms with Gasteiger partial charge < -0.3 is 10.6 Å². The fourth-order valence-corrected chi connectivity index (χ4v) is 1.79. The van der Waals surface area contributed by atoms with E-state index in [0.29, 0.717) is 12.2 Å². The topological polar surface area (TPSA) is 24.1 Å². The van der Waals surface area contributed by atoms with Crippen LogP contribution in [0.5, 0.6) is 0 Å². The van der Waals surface area contributed by atoms with Crippen molar-refractivity contribution in [3.05, 3.63) is 23.8 Å². The third-order valence-electron chi connectivity index (χ3n) is 3.35. The normalized spacial score (nSPS) is 24.0. The predicted molar refractivity (Wildman–Crippen MR) is 61.7 cm³/mol. The number of benzene rings is 1. The van der Waals surface area contributed by atoms with Crippen LogP contribution in [0.1, 0.15) is 20.3 Å². The number of fused-ring (bicyclic) bond motifs is 1. The molecule has 0 aromatic heterocycles. The summed E-state index contributed by atoms with van der Waals surface area (Å²) in [6.07, 6.45) is 0.977. The Morgan fingerprint density at radius 2 is 1.94 bits per heavy atom. The molecule has 2 N–H and O–H groups in total. The van der Waals surface area contributed by atoms with E-state index in [9.17, 15) is 8.78 Å². The van der Waals surface area contributed by atoms with E-state index in [-0.39, 0.29) is 11.1 Å². The molecule has 1 aromatic carbocycles. The lowest BCUT2D eigenvalue weighted by atomic mass is 9.88. The standard InChI is InChI=1S/C12H16F2N2/c1-3-12(2)6-15-9-5-4-8(13)10(14)11(9)16-7-12/h4-5,15-16H,3,6-7H2,1-2H3. The Kier molecular flexibility index (Phi) is 2.74. The highest BCUT2D eigenvalue weighted by molar-refractivity contribution is 5.70. The molecular weight excluding hydrogens is 210 g/mol. The van der Waals surface area contributed by atoms with Gasteiger partial charge in [0.25, 0.3) is 0 Å². The van der Waals surface area contributed by atoms with Crippen molar-refractivity contribution >= 4 is 11.4 Å². The van der Waals surface area contributed by atoms with Gasteiger partial charge >= 0.3 is 0 Å². The fraction of sp³-hybridized carbons (Fsp3) is 0.500. The summed E-state index contributed by atoms with van der Waals surface area (Å²) in [5.41, 5.74) is 0.940. The van der Waals surface area contributed by atoms with Crippen molar-refractivity contribution in [1.29, 1.82) is 0 Å². The van der Waals surface area contributed by atoms with Crippen LogP contribution < -0.4 is 10.6 Å². The Labute approximate surface area is 94.0 Å². The summed E-state index contributed by atoms with van der Waals surface area (Å²) in [5.74, 6) is -1.61. The Balaban J connectivity index is 2.34. The van der Waals surface area contributed by atoms with Gasteiger partial charge in [-0.1, -0.05) is 13.8 Å². The minimum atomic E-state index is -0.812. The van der Waals surface area contributed by atoms with E-state index in [2.05, 4.69) is 24.5 Å². The number of halogens is 2. The van der Waals surface area contributed by atoms with E-state index in [4.69, 9.17) is 0 Å². The van der Waals surface area contributed by atoms with E-state index < -0.39 is 11.6 Å². The molecule has 0 fully saturated rings. The number of anilines is 2. The smallest absolute Gasteiger partial charge is 0.183 e. The van der Waals surface area contributed by atoms with Gasteiger partial charge in [0.2, 0.25) is 0 Å². The molecule has 88 valence electrons.